The van der Waals surface area contributed by atoms with Gasteiger partial charge in [0.25, 0.3) is 0 Å². The minimum Gasteiger partial charge on any atom is -0.487 e. The number of anilines is 1. The molecule has 0 radical (unpaired) electrons. The highest BCUT2D eigenvalue weighted by Crippen LogP contribution is 2.36. The highest BCUT2D eigenvalue weighted by Gasteiger charge is 2.30. The molecule has 1 aliphatic rings. The molecule has 0 fully saturated rings. The SMILES string of the molecule is CC1(C)Cc2cc(C(=O)c3c(N)cccc3Cl)ccc2O1. The van der Waals surface area contributed by atoms with E-state index in [0.29, 0.717) is 21.8 Å². The van der Waals surface area contributed by atoms with E-state index in [-0.39, 0.29) is 11.4 Å². The van der Waals surface area contributed by atoms with Crippen molar-refractivity contribution in [3.05, 3.63) is 58.1 Å². The lowest BCUT2D eigenvalue weighted by molar-refractivity contribution is 0.103. The van der Waals surface area contributed by atoms with E-state index in [4.69, 9.17) is 22.1 Å². The Kier molecular flexibility index (Phi) is 3.18. The van der Waals surface area contributed by atoms with Crippen molar-refractivity contribution < 1.29 is 9.53 Å². The molecule has 0 aliphatic carbocycles. The molecule has 0 unspecified atom stereocenters. The molecule has 1 heterocycles. The number of hydrogen-bond donors (Lipinski definition) is 1. The van der Waals surface area contributed by atoms with Crippen LogP contribution in [0.25, 0.3) is 0 Å². The van der Waals surface area contributed by atoms with E-state index in [9.17, 15) is 4.79 Å². The van der Waals surface area contributed by atoms with Gasteiger partial charge in [-0.2, -0.15) is 0 Å². The van der Waals surface area contributed by atoms with Crippen LogP contribution < -0.4 is 10.5 Å². The minimum atomic E-state index is -0.229. The first kappa shape index (κ1) is 14.0. The summed E-state index contributed by atoms with van der Waals surface area (Å²) in [4.78, 5) is 12.6. The molecule has 3 rings (SSSR count). The van der Waals surface area contributed by atoms with E-state index in [1.807, 2.05) is 26.0 Å². The highest BCUT2D eigenvalue weighted by molar-refractivity contribution is 6.35. The Hall–Kier alpha value is -2.00. The number of benzene rings is 2. The molecule has 0 atom stereocenters. The Morgan fingerprint density at radius 2 is 2.05 bits per heavy atom. The van der Waals surface area contributed by atoms with Crippen molar-refractivity contribution in [2.24, 2.45) is 0 Å². The van der Waals surface area contributed by atoms with E-state index in [1.54, 1.807) is 24.3 Å². The number of halogens is 1. The fraction of sp³-hybridized carbons (Fsp3) is 0.235. The fourth-order valence-electron chi connectivity index (χ4n) is 2.68. The van der Waals surface area contributed by atoms with Gasteiger partial charge in [0.15, 0.2) is 5.78 Å². The molecule has 0 bridgehead atoms. The number of fused-ring (bicyclic) bond motifs is 1. The maximum absolute atomic E-state index is 12.6. The lowest BCUT2D eigenvalue weighted by Crippen LogP contribution is -2.24. The van der Waals surface area contributed by atoms with E-state index >= 15 is 0 Å². The van der Waals surface area contributed by atoms with Crippen LogP contribution in [0.2, 0.25) is 5.02 Å². The molecule has 3 nitrogen and oxygen atoms in total. The molecule has 0 saturated heterocycles. The van der Waals surface area contributed by atoms with Crippen molar-refractivity contribution in [1.29, 1.82) is 0 Å². The van der Waals surface area contributed by atoms with E-state index in [1.165, 1.54) is 0 Å². The van der Waals surface area contributed by atoms with Crippen LogP contribution in [0.1, 0.15) is 35.3 Å². The summed E-state index contributed by atoms with van der Waals surface area (Å²) in [5.74, 6) is 0.675. The molecular weight excluding hydrogens is 286 g/mol. The smallest absolute Gasteiger partial charge is 0.196 e. The zero-order chi connectivity index (χ0) is 15.2. The molecule has 4 heteroatoms. The van der Waals surface area contributed by atoms with Crippen molar-refractivity contribution >= 4 is 23.1 Å². The normalized spacial score (nSPS) is 15.4. The molecule has 0 amide bonds. The number of ketones is 1. The zero-order valence-electron chi connectivity index (χ0n) is 11.9. The van der Waals surface area contributed by atoms with Gasteiger partial charge in [-0.25, -0.2) is 0 Å². The fourth-order valence-corrected chi connectivity index (χ4v) is 2.94. The van der Waals surface area contributed by atoms with E-state index in [0.717, 1.165) is 17.7 Å². The molecule has 2 N–H and O–H groups in total. The van der Waals surface area contributed by atoms with Crippen molar-refractivity contribution in [2.75, 3.05) is 5.73 Å². The van der Waals surface area contributed by atoms with Crippen LogP contribution in [-0.4, -0.2) is 11.4 Å². The third-order valence-corrected chi connectivity index (χ3v) is 3.91. The van der Waals surface area contributed by atoms with Crippen LogP contribution in [0, 0.1) is 0 Å². The lowest BCUT2D eigenvalue weighted by atomic mass is 9.96. The van der Waals surface area contributed by atoms with Crippen molar-refractivity contribution in [3.63, 3.8) is 0 Å². The molecule has 2 aromatic carbocycles. The Balaban J connectivity index is 2.01. The first-order valence-corrected chi connectivity index (χ1v) is 7.16. The Labute approximate surface area is 128 Å². The highest BCUT2D eigenvalue weighted by atomic mass is 35.5. The Bertz CT molecular complexity index is 717. The van der Waals surface area contributed by atoms with E-state index < -0.39 is 0 Å². The Morgan fingerprint density at radius 1 is 1.29 bits per heavy atom. The third-order valence-electron chi connectivity index (χ3n) is 3.60. The molecule has 21 heavy (non-hydrogen) atoms. The van der Waals surface area contributed by atoms with Gasteiger partial charge in [-0.15, -0.1) is 0 Å². The van der Waals surface area contributed by atoms with Crippen LogP contribution in [0.3, 0.4) is 0 Å². The molecular formula is C17H16ClNO2. The standard InChI is InChI=1S/C17H16ClNO2/c1-17(2)9-11-8-10(6-7-14(11)21-17)16(20)15-12(18)4-3-5-13(15)19/h3-8H,9,19H2,1-2H3. The van der Waals surface area contributed by atoms with Gasteiger partial charge in [0.05, 0.1) is 10.6 Å². The zero-order valence-corrected chi connectivity index (χ0v) is 12.7. The number of ether oxygens (including phenoxy) is 1. The summed E-state index contributed by atoms with van der Waals surface area (Å²) >= 11 is 6.11. The molecule has 0 spiro atoms. The second kappa shape index (κ2) is 4.78. The summed E-state index contributed by atoms with van der Waals surface area (Å²) in [7, 11) is 0. The molecule has 0 aromatic heterocycles. The van der Waals surface area contributed by atoms with Crippen LogP contribution in [0.15, 0.2) is 36.4 Å². The molecule has 2 aromatic rings. The number of rotatable bonds is 2. The van der Waals surface area contributed by atoms with Crippen LogP contribution >= 0.6 is 11.6 Å². The number of nitrogens with two attached hydrogens (primary N) is 1. The van der Waals surface area contributed by atoms with Gasteiger partial charge in [-0.3, -0.25) is 4.79 Å². The van der Waals surface area contributed by atoms with Crippen LogP contribution in [0.5, 0.6) is 5.75 Å². The lowest BCUT2D eigenvalue weighted by Gasteiger charge is -2.16. The van der Waals surface area contributed by atoms with Gasteiger partial charge in [-0.05, 0) is 49.7 Å². The average Bonchev–Trinajstić information content (AvgIpc) is 2.70. The summed E-state index contributed by atoms with van der Waals surface area (Å²) in [5.41, 5.74) is 8.03. The predicted octanol–water partition coefficient (Wildman–Crippen LogP) is 3.87. The molecule has 108 valence electrons. The summed E-state index contributed by atoms with van der Waals surface area (Å²) in [6.07, 6.45) is 0.779. The molecule has 1 aliphatic heterocycles. The van der Waals surface area contributed by atoms with Crippen LogP contribution in [0.4, 0.5) is 5.69 Å². The van der Waals surface area contributed by atoms with Crippen molar-refractivity contribution in [1.82, 2.24) is 0 Å². The Morgan fingerprint density at radius 3 is 2.76 bits per heavy atom. The van der Waals surface area contributed by atoms with Gasteiger partial charge < -0.3 is 10.5 Å². The quantitative estimate of drug-likeness (QED) is 0.677. The monoisotopic (exact) mass is 301 g/mol. The first-order chi connectivity index (χ1) is 9.87. The molecule has 0 saturated carbocycles. The van der Waals surface area contributed by atoms with Gasteiger partial charge in [0, 0.05) is 17.7 Å². The van der Waals surface area contributed by atoms with Gasteiger partial charge in [-0.1, -0.05) is 17.7 Å². The summed E-state index contributed by atoms with van der Waals surface area (Å²) in [5, 5.41) is 0.372. The summed E-state index contributed by atoms with van der Waals surface area (Å²) in [6.45, 7) is 4.06. The van der Waals surface area contributed by atoms with Crippen molar-refractivity contribution in [2.45, 2.75) is 25.9 Å². The summed E-state index contributed by atoms with van der Waals surface area (Å²) < 4.78 is 5.82. The maximum atomic E-state index is 12.6. The predicted molar refractivity (Wildman–Crippen MR) is 84.1 cm³/mol. The number of carbonyl (C=O) groups excluding carboxylic acids is 1. The average molecular weight is 302 g/mol. The van der Waals surface area contributed by atoms with Gasteiger partial charge in [0.2, 0.25) is 0 Å². The second-order valence-electron chi connectivity index (χ2n) is 5.89. The minimum absolute atomic E-state index is 0.161. The largest absolute Gasteiger partial charge is 0.487 e. The van der Waals surface area contributed by atoms with E-state index in [2.05, 4.69) is 0 Å². The number of nitrogen functional groups attached to an aromatic ring is 1. The maximum Gasteiger partial charge on any atom is 0.196 e. The first-order valence-electron chi connectivity index (χ1n) is 6.78. The number of hydrogen-bond acceptors (Lipinski definition) is 3. The second-order valence-corrected chi connectivity index (χ2v) is 6.30. The number of carbonyl (C=O) groups is 1. The summed E-state index contributed by atoms with van der Waals surface area (Å²) in [6, 6.07) is 10.5. The topological polar surface area (TPSA) is 52.3 Å². The van der Waals surface area contributed by atoms with Crippen molar-refractivity contribution in [3.8, 4) is 5.75 Å². The van der Waals surface area contributed by atoms with Gasteiger partial charge >= 0.3 is 0 Å². The third kappa shape index (κ3) is 2.49. The van der Waals surface area contributed by atoms with Gasteiger partial charge in [0.1, 0.15) is 11.4 Å². The van der Waals surface area contributed by atoms with Crippen LogP contribution in [-0.2, 0) is 6.42 Å².